The Balaban J connectivity index is 0.962. The van der Waals surface area contributed by atoms with Crippen molar-refractivity contribution >= 4 is 65.4 Å². The fourth-order valence-electron chi connectivity index (χ4n) is 8.52. The monoisotopic (exact) mass is 920 g/mol. The zero-order valence-electron chi connectivity index (χ0n) is 36.2. The third kappa shape index (κ3) is 10.6. The number of piperazine rings is 1. The molecule has 1 aromatic heterocycles. The van der Waals surface area contributed by atoms with Gasteiger partial charge < -0.3 is 19.9 Å². The van der Waals surface area contributed by atoms with Gasteiger partial charge in [0, 0.05) is 78.8 Å². The van der Waals surface area contributed by atoms with E-state index in [1.165, 1.54) is 41.0 Å². The van der Waals surface area contributed by atoms with Crippen molar-refractivity contribution in [2.75, 3.05) is 49.5 Å². The Hall–Kier alpha value is -5.64. The van der Waals surface area contributed by atoms with Crippen LogP contribution in [0.3, 0.4) is 0 Å². The van der Waals surface area contributed by atoms with Gasteiger partial charge in [-0.15, -0.1) is 0 Å². The minimum atomic E-state index is -4.29. The molecule has 2 aliphatic rings. The van der Waals surface area contributed by atoms with Crippen LogP contribution in [-0.2, 0) is 26.5 Å². The summed E-state index contributed by atoms with van der Waals surface area (Å²) < 4.78 is 59.3. The molecular weight excluding hydrogens is 868 g/mol. The number of hydrogen-bond acceptors (Lipinski definition) is 9. The number of nitrogens with one attached hydrogen (secondary N) is 3. The number of hydrogen-bond donors (Lipinski definition) is 4. The molecule has 0 bridgehead atoms. The Bertz CT molecular complexity index is 2940. The van der Waals surface area contributed by atoms with Crippen molar-refractivity contribution in [1.29, 1.82) is 0 Å². The SMILES string of the molecule is Cc1cc(S(=O)(=O)NC(=O)c2ccc(N3CCN(CC4=C(c5ccc(Cl)cc5)CC(C)(C)CC4)CC3)cc2Oc2ccc3[nH]ccc3c2)ccc1NCCc1ccc(S(N)(=O)=O)cc1. The summed E-state index contributed by atoms with van der Waals surface area (Å²) in [4.78, 5) is 21.9. The maximum atomic E-state index is 14.0. The van der Waals surface area contributed by atoms with Crippen LogP contribution in [-0.4, -0.2) is 71.9 Å². The number of benzene rings is 5. The van der Waals surface area contributed by atoms with Gasteiger partial charge in [0.15, 0.2) is 0 Å². The first-order valence-electron chi connectivity index (χ1n) is 21.4. The average molecular weight is 922 g/mol. The van der Waals surface area contributed by atoms with Gasteiger partial charge in [-0.1, -0.05) is 55.3 Å². The van der Waals surface area contributed by atoms with Crippen molar-refractivity contribution in [2.45, 2.75) is 56.2 Å². The Labute approximate surface area is 380 Å². The van der Waals surface area contributed by atoms with Crippen LogP contribution in [0.2, 0.25) is 5.02 Å². The molecule has 6 aromatic rings. The number of nitrogens with zero attached hydrogens (tertiary/aromatic N) is 2. The second-order valence-corrected chi connectivity index (χ2v) is 21.2. The molecule has 2 heterocycles. The quantitative estimate of drug-likeness (QED) is 0.0834. The molecule has 15 heteroatoms. The van der Waals surface area contributed by atoms with E-state index >= 15 is 0 Å². The first-order valence-corrected chi connectivity index (χ1v) is 24.8. The Morgan fingerprint density at radius 1 is 0.859 bits per heavy atom. The normalized spacial score (nSPS) is 15.9. The number of ether oxygens (including phenoxy) is 1. The first-order chi connectivity index (χ1) is 30.5. The molecule has 1 fully saturated rings. The predicted molar refractivity (Wildman–Crippen MR) is 255 cm³/mol. The Kier molecular flexibility index (Phi) is 13.0. The fourth-order valence-corrected chi connectivity index (χ4v) is 10.2. The lowest BCUT2D eigenvalue weighted by molar-refractivity contribution is 0.0979. The fraction of sp³-hybridized carbons (Fsp3) is 0.286. The number of rotatable bonds is 14. The van der Waals surface area contributed by atoms with Gasteiger partial charge in [0.05, 0.1) is 15.4 Å². The van der Waals surface area contributed by atoms with Crippen molar-refractivity contribution < 1.29 is 26.4 Å². The number of carbonyl (C=O) groups is 1. The van der Waals surface area contributed by atoms with Gasteiger partial charge >= 0.3 is 0 Å². The number of carbonyl (C=O) groups excluding carboxylic acids is 1. The number of nitrogens with two attached hydrogens (primary N) is 1. The van der Waals surface area contributed by atoms with E-state index in [0.29, 0.717) is 24.3 Å². The minimum Gasteiger partial charge on any atom is -0.456 e. The largest absolute Gasteiger partial charge is 0.456 e. The minimum absolute atomic E-state index is 0.0431. The van der Waals surface area contributed by atoms with Gasteiger partial charge in [0.2, 0.25) is 10.0 Å². The molecule has 0 saturated carbocycles. The standard InChI is InChI=1S/C49H53ClN6O6S2/c1-33-28-42(14-17-45(33)52-22-19-34-4-12-41(13-5-34)63(51,58)59)64(60,61)54-48(57)43-15-10-39(30-47(43)62-40-11-16-46-36(29-40)20-23-53-46)56-26-24-55(25-27-56)32-37-18-21-49(2,3)31-44(37)35-6-8-38(50)9-7-35/h4-17,20,23,28-30,52-53H,18-19,21-22,24-27,31-32H2,1-3H3,(H,54,57)(H2,51,58,59). The highest BCUT2D eigenvalue weighted by atomic mass is 35.5. The molecule has 0 unspecified atom stereocenters. The molecule has 1 amide bonds. The summed E-state index contributed by atoms with van der Waals surface area (Å²) in [5, 5.41) is 10.2. The summed E-state index contributed by atoms with van der Waals surface area (Å²) in [5.74, 6) is -0.0754. The number of anilines is 2. The number of H-pyrrole nitrogens is 1. The lowest BCUT2D eigenvalue weighted by atomic mass is 9.72. The van der Waals surface area contributed by atoms with E-state index in [0.717, 1.165) is 84.9 Å². The summed E-state index contributed by atoms with van der Waals surface area (Å²) in [6, 6.07) is 32.0. The van der Waals surface area contributed by atoms with Crippen LogP contribution >= 0.6 is 11.6 Å². The number of amides is 1. The molecule has 1 saturated heterocycles. The topological polar surface area (TPSA) is 167 Å². The van der Waals surface area contributed by atoms with E-state index in [1.54, 1.807) is 31.2 Å². The van der Waals surface area contributed by atoms with Crippen molar-refractivity contribution in [3.8, 4) is 11.5 Å². The maximum absolute atomic E-state index is 14.0. The molecule has 5 N–H and O–H groups in total. The van der Waals surface area contributed by atoms with Crippen LogP contribution in [0.25, 0.3) is 16.5 Å². The van der Waals surface area contributed by atoms with Crippen LogP contribution in [0.15, 0.2) is 131 Å². The number of aromatic amines is 1. The maximum Gasteiger partial charge on any atom is 0.268 e. The van der Waals surface area contributed by atoms with E-state index in [2.05, 4.69) is 50.8 Å². The predicted octanol–water partition coefficient (Wildman–Crippen LogP) is 9.13. The van der Waals surface area contributed by atoms with E-state index in [-0.39, 0.29) is 26.5 Å². The Morgan fingerprint density at radius 2 is 1.59 bits per heavy atom. The van der Waals surface area contributed by atoms with Crippen LogP contribution < -0.4 is 24.8 Å². The third-order valence-corrected chi connectivity index (χ3v) is 14.7. The van der Waals surface area contributed by atoms with Crippen LogP contribution in [0.5, 0.6) is 11.5 Å². The molecule has 8 rings (SSSR count). The summed E-state index contributed by atoms with van der Waals surface area (Å²) in [6.07, 6.45) is 5.67. The lowest BCUT2D eigenvalue weighted by Gasteiger charge is -2.39. The summed E-state index contributed by atoms with van der Waals surface area (Å²) in [5.41, 5.74) is 8.57. The third-order valence-electron chi connectivity index (χ3n) is 12.2. The molecule has 1 aliphatic heterocycles. The van der Waals surface area contributed by atoms with Gasteiger partial charge in [-0.3, -0.25) is 9.69 Å². The zero-order chi connectivity index (χ0) is 45.2. The number of aryl methyl sites for hydroxylation is 1. The molecule has 1 aliphatic carbocycles. The van der Waals surface area contributed by atoms with Crippen molar-refractivity contribution in [2.24, 2.45) is 10.6 Å². The molecule has 0 spiro atoms. The van der Waals surface area contributed by atoms with Crippen molar-refractivity contribution in [3.63, 3.8) is 0 Å². The van der Waals surface area contributed by atoms with Crippen LogP contribution in [0, 0.1) is 12.3 Å². The van der Waals surface area contributed by atoms with Crippen molar-refractivity contribution in [1.82, 2.24) is 14.6 Å². The number of halogens is 1. The van der Waals surface area contributed by atoms with Crippen molar-refractivity contribution in [3.05, 3.63) is 148 Å². The summed E-state index contributed by atoms with van der Waals surface area (Å²) >= 11 is 6.25. The highest BCUT2D eigenvalue weighted by Crippen LogP contribution is 2.43. The van der Waals surface area contributed by atoms with Gasteiger partial charge in [-0.25, -0.2) is 26.7 Å². The number of fused-ring (bicyclic) bond motifs is 1. The first kappa shape index (κ1) is 44.9. The molecule has 0 radical (unpaired) electrons. The second-order valence-electron chi connectivity index (χ2n) is 17.5. The number of aromatic nitrogens is 1. The number of sulfonamides is 2. The molecule has 5 aromatic carbocycles. The van der Waals surface area contributed by atoms with E-state index in [4.69, 9.17) is 21.5 Å². The Morgan fingerprint density at radius 3 is 2.31 bits per heavy atom. The molecule has 0 atom stereocenters. The molecule has 64 heavy (non-hydrogen) atoms. The van der Waals surface area contributed by atoms with Gasteiger partial charge in [-0.2, -0.15) is 0 Å². The smallest absolute Gasteiger partial charge is 0.268 e. The average Bonchev–Trinajstić information content (AvgIpc) is 3.73. The van der Waals surface area contributed by atoms with Gasteiger partial charge in [0.25, 0.3) is 15.9 Å². The zero-order valence-corrected chi connectivity index (χ0v) is 38.5. The van der Waals surface area contributed by atoms with Crippen LogP contribution in [0.1, 0.15) is 60.2 Å². The van der Waals surface area contributed by atoms with E-state index in [9.17, 15) is 21.6 Å². The van der Waals surface area contributed by atoms with E-state index < -0.39 is 26.0 Å². The summed E-state index contributed by atoms with van der Waals surface area (Å²) in [7, 11) is -8.06. The van der Waals surface area contributed by atoms with Gasteiger partial charge in [0.1, 0.15) is 11.5 Å². The number of allylic oxidation sites excluding steroid dienone is 1. The summed E-state index contributed by atoms with van der Waals surface area (Å²) in [6.45, 7) is 11.1. The number of primary sulfonamides is 1. The lowest BCUT2D eigenvalue weighted by Crippen LogP contribution is -2.47. The second kappa shape index (κ2) is 18.5. The molecule has 334 valence electrons. The highest BCUT2D eigenvalue weighted by molar-refractivity contribution is 7.90. The van der Waals surface area contributed by atoms with Crippen LogP contribution in [0.4, 0.5) is 11.4 Å². The molecular formula is C49H53ClN6O6S2. The highest BCUT2D eigenvalue weighted by Gasteiger charge is 2.30. The van der Waals surface area contributed by atoms with Gasteiger partial charge in [-0.05, 0) is 139 Å². The molecule has 12 nitrogen and oxygen atoms in total. The van der Waals surface area contributed by atoms with E-state index in [1.807, 2.05) is 54.7 Å².